The molecule has 25 nitrogen and oxygen atoms in total. The first kappa shape index (κ1) is 127. The number of hydrogen-bond donors (Lipinski definition) is 10. The molecule has 10 N–H and O–H groups in total. The highest BCUT2D eigenvalue weighted by molar-refractivity contribution is 6.91. The maximum absolute atomic E-state index is 9.22. The van der Waals surface area contributed by atoms with Crippen molar-refractivity contribution in [2.75, 3.05) is 99.1 Å². The Morgan fingerprint density at radius 1 is 0.190 bits per heavy atom. The van der Waals surface area contributed by atoms with Crippen LogP contribution in [0.25, 0.3) is 0 Å². The van der Waals surface area contributed by atoms with Gasteiger partial charge < -0.3 is 116 Å². The fourth-order valence-electron chi connectivity index (χ4n) is 12.7. The Bertz CT molecular complexity index is 2280. The van der Waals surface area contributed by atoms with Crippen LogP contribution in [0.5, 0.6) is 0 Å². The zero-order chi connectivity index (χ0) is 91.9. The van der Waals surface area contributed by atoms with Gasteiger partial charge in [-0.1, -0.05) is 44.9 Å². The average Bonchev–Trinajstić information content (AvgIpc) is 0.860. The van der Waals surface area contributed by atoms with Gasteiger partial charge in [0.25, 0.3) is 0 Å². The average molecular weight is 1930 g/mol. The van der Waals surface area contributed by atoms with Gasteiger partial charge in [-0.15, -0.1) is 0 Å². The Morgan fingerprint density at radius 3 is 0.474 bits per heavy atom. The predicted octanol–water partition coefficient (Wildman–Crippen LogP) is 16.9. The lowest BCUT2D eigenvalue weighted by atomic mass is 10.1. The molecule has 0 radical (unpaired) electrons. The molecule has 0 aliphatic rings. The third-order valence-corrected chi connectivity index (χ3v) is 63.9. The molecule has 0 atom stereocenters. The molecule has 40 heteroatoms. The number of rotatable bonds is 64. The standard InChI is InChI=1S/2C16H40O5Si3.2C15H38O5Si3.C14H36O5Si3/c1-16(14-17,15-18)19-12-10-9-11-13-24(8,20-22(2,3)4)21-23(5,6)7;1-22(2,3)20-24(7,21-23(4,5)6)13-11-9-8-10-12-19-16(14-17)15-18;1-15(13-16,14-17)18-11-9-10-12-23(8,19-21(2,3)4)20-22(5,6)7;1-21(2,3)19-23(7,20-22(4,5)6)12-10-8-9-11-18-15(13-16)14-17;1-20(2,3)18-22(7,19-21(4,5)6)11-9-8-10-17-14(12-15)13-16/h17-18H,9-15H2,1-8H3;16-18H,8-15H2,1-7H3;16-17H,9-14H2,1-8H3;15-17H,8-14H2,1-7H3;14-16H,8-13H2,1-7H3. The summed E-state index contributed by atoms with van der Waals surface area (Å²) in [6.45, 7) is 82.5. The minimum atomic E-state index is -2.16. The SMILES string of the molecule is CC(CO)(CO)OCCCCC[Si](C)(O[Si](C)(C)C)O[Si](C)(C)C.CC(CO)(CO)OCCCC[Si](C)(O[Si](C)(C)C)O[Si](C)(C)C.C[Si](C)(C)O[Si](C)(CCCCCCOC(CO)CO)O[Si](C)(C)C.C[Si](C)(C)O[Si](C)(CCCCCOC(CO)CO)O[Si](C)(C)C.C[Si](C)(C)O[Si](C)(CCCCOC(CO)CO)O[Si](C)(C)C. The molecular weight excluding hydrogens is 1730 g/mol. The van der Waals surface area contributed by atoms with E-state index in [1.165, 1.54) is 0 Å². The van der Waals surface area contributed by atoms with Crippen molar-refractivity contribution in [1.29, 1.82) is 0 Å². The molecule has 0 amide bonds. The van der Waals surface area contributed by atoms with Crippen molar-refractivity contribution >= 4 is 126 Å². The fraction of sp³-hybridized carbons (Fsp3) is 1.00. The highest BCUT2D eigenvalue weighted by Crippen LogP contribution is 2.32. The van der Waals surface area contributed by atoms with Crippen molar-refractivity contribution in [3.63, 3.8) is 0 Å². The second-order valence-corrected chi connectivity index (χ2v) is 107. The molecule has 0 heterocycles. The Hall–Kier alpha value is 2.25. The summed E-state index contributed by atoms with van der Waals surface area (Å²) in [6.07, 6.45) is 12.8. The van der Waals surface area contributed by atoms with E-state index in [0.717, 1.165) is 120 Å². The molecule has 0 aromatic heterocycles. The van der Waals surface area contributed by atoms with Crippen molar-refractivity contribution < 1.29 is 116 Å². The number of aliphatic hydroxyl groups excluding tert-OH is 10. The van der Waals surface area contributed by atoms with Crippen LogP contribution in [0.15, 0.2) is 0 Å². The highest BCUT2D eigenvalue weighted by atomic mass is 28.5. The zero-order valence-electron chi connectivity index (χ0n) is 81.9. The van der Waals surface area contributed by atoms with Crippen LogP contribution in [-0.2, 0) is 64.8 Å². The second kappa shape index (κ2) is 60.2. The van der Waals surface area contributed by atoms with E-state index in [1.807, 2.05) is 0 Å². The summed E-state index contributed by atoms with van der Waals surface area (Å²) in [7, 11) is -26.9. The van der Waals surface area contributed by atoms with E-state index < -0.39 is 155 Å². The van der Waals surface area contributed by atoms with Gasteiger partial charge in [0.15, 0.2) is 83.2 Å². The number of unbranched alkanes of at least 4 members (excludes halogenated alkanes) is 9. The quantitative estimate of drug-likeness (QED) is 0.0200. The molecule has 116 heavy (non-hydrogen) atoms. The molecule has 0 spiro atoms. The van der Waals surface area contributed by atoms with Gasteiger partial charge in [0.2, 0.25) is 0 Å². The molecule has 0 saturated heterocycles. The first-order valence-electron chi connectivity index (χ1n) is 43.4. The molecule has 0 aromatic carbocycles. The summed E-state index contributed by atoms with van der Waals surface area (Å²) < 4.78 is 92.1. The fourth-order valence-corrected chi connectivity index (χ4v) is 75.8. The Morgan fingerprint density at radius 2 is 0.319 bits per heavy atom. The van der Waals surface area contributed by atoms with E-state index in [4.69, 9.17) is 95.5 Å². The normalized spacial score (nSPS) is 14.0. The van der Waals surface area contributed by atoms with Gasteiger partial charge in [0.1, 0.15) is 29.5 Å². The smallest absolute Gasteiger partial charge is 0.314 e. The molecule has 706 valence electrons. The van der Waals surface area contributed by atoms with Gasteiger partial charge in [-0.05, 0) is 318 Å². The van der Waals surface area contributed by atoms with Crippen LogP contribution in [-0.4, -0.2) is 306 Å². The number of aliphatic hydroxyl groups is 10. The Kier molecular flexibility index (Phi) is 65.8. The molecule has 0 aromatic rings. The maximum Gasteiger partial charge on any atom is 0.314 e. The van der Waals surface area contributed by atoms with Crippen molar-refractivity contribution in [2.24, 2.45) is 0 Å². The predicted molar refractivity (Wildman–Crippen MR) is 520 cm³/mol. The monoisotopic (exact) mass is 1930 g/mol. The second-order valence-electron chi connectivity index (χ2n) is 42.3. The van der Waals surface area contributed by atoms with E-state index in [9.17, 15) is 20.4 Å². The van der Waals surface area contributed by atoms with Gasteiger partial charge in [-0.3, -0.25) is 0 Å². The summed E-state index contributed by atoms with van der Waals surface area (Å²) in [6, 6.07) is 5.01. The summed E-state index contributed by atoms with van der Waals surface area (Å²) in [5.41, 5.74) is -1.67. The summed E-state index contributed by atoms with van der Waals surface area (Å²) in [5.74, 6) is 0. The van der Waals surface area contributed by atoms with E-state index in [1.54, 1.807) is 13.8 Å². The summed E-state index contributed by atoms with van der Waals surface area (Å²) >= 11 is 0. The minimum Gasteiger partial charge on any atom is -0.437 e. The Labute approximate surface area is 728 Å². The van der Waals surface area contributed by atoms with Crippen molar-refractivity contribution in [3.8, 4) is 0 Å². The van der Waals surface area contributed by atoms with E-state index in [2.05, 4.69) is 229 Å². The van der Waals surface area contributed by atoms with Crippen LogP contribution in [0.1, 0.15) is 104 Å². The van der Waals surface area contributed by atoms with Crippen LogP contribution in [0, 0.1) is 0 Å². The molecule has 0 bridgehead atoms. The minimum absolute atomic E-state index is 0.123. The van der Waals surface area contributed by atoms with Gasteiger partial charge in [0.05, 0.1) is 66.1 Å². The van der Waals surface area contributed by atoms with Gasteiger partial charge in [0, 0.05) is 33.0 Å². The van der Waals surface area contributed by atoms with Crippen LogP contribution in [0.3, 0.4) is 0 Å². The topological polar surface area (TPSA) is 341 Å². The zero-order valence-corrected chi connectivity index (χ0v) is 96.9. The van der Waals surface area contributed by atoms with Crippen molar-refractivity contribution in [1.82, 2.24) is 0 Å². The van der Waals surface area contributed by atoms with Crippen LogP contribution < -0.4 is 0 Å². The lowest BCUT2D eigenvalue weighted by Gasteiger charge is -2.38. The number of hydrogen-bond acceptors (Lipinski definition) is 25. The van der Waals surface area contributed by atoms with Crippen LogP contribution in [0.4, 0.5) is 0 Å². The molecule has 0 rings (SSSR count). The number of ether oxygens (including phenoxy) is 5. The largest absolute Gasteiger partial charge is 0.437 e. The van der Waals surface area contributed by atoms with E-state index >= 15 is 0 Å². The molecule has 0 fully saturated rings. The van der Waals surface area contributed by atoms with Gasteiger partial charge >= 0.3 is 42.8 Å². The Balaban J connectivity index is -0.000000443. The van der Waals surface area contributed by atoms with E-state index in [-0.39, 0.29) is 66.1 Å². The van der Waals surface area contributed by atoms with Crippen LogP contribution >= 0.6 is 0 Å². The molecular formula is C76H192O25Si15. The lowest BCUT2D eigenvalue weighted by Crippen LogP contribution is -2.52. The van der Waals surface area contributed by atoms with E-state index in [0.29, 0.717) is 33.0 Å². The first-order chi connectivity index (χ1) is 52.2. The summed E-state index contributed by atoms with van der Waals surface area (Å²) in [5, 5.41) is 90.5. The maximum atomic E-state index is 9.22. The molecule has 0 aliphatic carbocycles. The molecule has 0 unspecified atom stereocenters. The van der Waals surface area contributed by atoms with Gasteiger partial charge in [-0.25, -0.2) is 0 Å². The molecule has 0 saturated carbocycles. The third-order valence-electron chi connectivity index (χ3n) is 15.9. The first-order valence-corrected chi connectivity index (χ1v) is 90.1. The van der Waals surface area contributed by atoms with Crippen molar-refractivity contribution in [3.05, 3.63) is 0 Å². The third kappa shape index (κ3) is 82.0. The van der Waals surface area contributed by atoms with Crippen molar-refractivity contribution in [2.45, 2.75) is 393 Å². The van der Waals surface area contributed by atoms with Crippen LogP contribution in [0.2, 0.25) is 259 Å². The van der Waals surface area contributed by atoms with Gasteiger partial charge in [-0.2, -0.15) is 0 Å². The summed E-state index contributed by atoms with van der Waals surface area (Å²) in [4.78, 5) is 0. The highest BCUT2D eigenvalue weighted by Gasteiger charge is 2.45. The molecule has 0 aliphatic heterocycles. The lowest BCUT2D eigenvalue weighted by molar-refractivity contribution is -0.0967.